The van der Waals surface area contributed by atoms with Crippen molar-refractivity contribution in [3.63, 3.8) is 0 Å². The van der Waals surface area contributed by atoms with Gasteiger partial charge in [-0.05, 0) is 54.4 Å². The van der Waals surface area contributed by atoms with Crippen molar-refractivity contribution >= 4 is 12.0 Å². The van der Waals surface area contributed by atoms with Crippen molar-refractivity contribution in [1.29, 1.82) is 0 Å². The minimum atomic E-state index is -0.275. The molecule has 118 valence electrons. The van der Waals surface area contributed by atoms with E-state index in [0.29, 0.717) is 5.92 Å². The molecule has 0 heterocycles. The van der Waals surface area contributed by atoms with Crippen molar-refractivity contribution < 1.29 is 14.6 Å². The molecule has 1 unspecified atom stereocenters. The highest BCUT2D eigenvalue weighted by atomic mass is 16.5. The summed E-state index contributed by atoms with van der Waals surface area (Å²) in [7, 11) is 0. The third-order valence-electron chi connectivity index (χ3n) is 6.28. The summed E-state index contributed by atoms with van der Waals surface area (Å²) in [5, 5.41) is 9.25. The number of carbonyl (C=O) groups is 1. The number of fused-ring (bicyclic) bond motifs is 2. The van der Waals surface area contributed by atoms with Crippen molar-refractivity contribution in [3.05, 3.63) is 35.9 Å². The molecule has 22 heavy (non-hydrogen) atoms. The lowest BCUT2D eigenvalue weighted by atomic mass is 9.70. The van der Waals surface area contributed by atoms with E-state index in [1.807, 2.05) is 0 Å². The quantitative estimate of drug-likeness (QED) is 0.673. The van der Waals surface area contributed by atoms with Gasteiger partial charge in [-0.25, -0.2) is 4.79 Å². The van der Waals surface area contributed by atoms with Crippen LogP contribution in [0.3, 0.4) is 0 Å². The number of phenolic OH excluding ortho intramolecular Hbond substituents is 1. The Kier molecular flexibility index (Phi) is 3.54. The van der Waals surface area contributed by atoms with Crippen LogP contribution >= 0.6 is 0 Å². The highest BCUT2D eigenvalue weighted by Gasteiger charge is 2.62. The summed E-state index contributed by atoms with van der Waals surface area (Å²) in [6.45, 7) is 6.89. The number of hydrogen-bond acceptors (Lipinski definition) is 3. The third kappa shape index (κ3) is 2.33. The minimum Gasteiger partial charge on any atom is -0.508 e. The molecule has 0 aromatic heterocycles. The number of benzene rings is 1. The maximum Gasteiger partial charge on any atom is 0.331 e. The van der Waals surface area contributed by atoms with Crippen LogP contribution in [0.25, 0.3) is 6.08 Å². The standard InChI is InChI=1S/C19H24O3/c1-18(2)14-10-11-19(18,3)16(12-14)22-17(21)9-6-13-4-7-15(20)8-5-13/h4-9,14,16,20H,10-12H2,1-3H3/b9-6-/t14?,16-,19+/m1/s1. The van der Waals surface area contributed by atoms with E-state index in [2.05, 4.69) is 20.8 Å². The van der Waals surface area contributed by atoms with Crippen LogP contribution in [0.15, 0.2) is 30.3 Å². The molecule has 1 aromatic rings. The molecule has 3 atom stereocenters. The number of esters is 1. The number of ether oxygens (including phenoxy) is 1. The lowest BCUT2D eigenvalue weighted by Crippen LogP contribution is -2.38. The first-order chi connectivity index (χ1) is 10.3. The van der Waals surface area contributed by atoms with Gasteiger partial charge in [-0.3, -0.25) is 0 Å². The molecular weight excluding hydrogens is 276 g/mol. The first-order valence-corrected chi connectivity index (χ1v) is 8.01. The summed E-state index contributed by atoms with van der Waals surface area (Å²) in [4.78, 5) is 12.1. The second-order valence-electron chi connectivity index (χ2n) is 7.46. The average Bonchev–Trinajstić information content (AvgIpc) is 2.80. The van der Waals surface area contributed by atoms with Crippen molar-refractivity contribution in [3.8, 4) is 5.75 Å². The number of phenols is 1. The smallest absolute Gasteiger partial charge is 0.331 e. The van der Waals surface area contributed by atoms with Crippen LogP contribution in [0.5, 0.6) is 5.75 Å². The van der Waals surface area contributed by atoms with Gasteiger partial charge in [-0.15, -0.1) is 0 Å². The van der Waals surface area contributed by atoms with Crippen LogP contribution < -0.4 is 0 Å². The van der Waals surface area contributed by atoms with Crippen LogP contribution in [0.2, 0.25) is 0 Å². The Morgan fingerprint density at radius 1 is 1.27 bits per heavy atom. The number of carbonyl (C=O) groups excluding carboxylic acids is 1. The summed E-state index contributed by atoms with van der Waals surface area (Å²) >= 11 is 0. The van der Waals surface area contributed by atoms with Gasteiger partial charge in [0.05, 0.1) is 0 Å². The van der Waals surface area contributed by atoms with E-state index in [9.17, 15) is 9.90 Å². The van der Waals surface area contributed by atoms with Crippen molar-refractivity contribution in [2.75, 3.05) is 0 Å². The fraction of sp³-hybridized carbons (Fsp3) is 0.526. The highest BCUT2D eigenvalue weighted by Crippen LogP contribution is 2.66. The fourth-order valence-electron chi connectivity index (χ4n) is 4.24. The zero-order valence-electron chi connectivity index (χ0n) is 13.5. The van der Waals surface area contributed by atoms with Crippen molar-refractivity contribution in [2.45, 2.75) is 46.1 Å². The van der Waals surface area contributed by atoms with E-state index in [0.717, 1.165) is 18.4 Å². The van der Waals surface area contributed by atoms with E-state index >= 15 is 0 Å². The monoisotopic (exact) mass is 300 g/mol. The van der Waals surface area contributed by atoms with E-state index in [4.69, 9.17) is 4.74 Å². The molecule has 2 bridgehead atoms. The number of rotatable bonds is 3. The van der Waals surface area contributed by atoms with E-state index < -0.39 is 0 Å². The van der Waals surface area contributed by atoms with Crippen LogP contribution in [0, 0.1) is 16.7 Å². The Hall–Kier alpha value is -1.77. The predicted octanol–water partition coefficient (Wildman–Crippen LogP) is 4.16. The van der Waals surface area contributed by atoms with Crippen molar-refractivity contribution in [1.82, 2.24) is 0 Å². The average molecular weight is 300 g/mol. The van der Waals surface area contributed by atoms with E-state index in [1.165, 1.54) is 12.5 Å². The second kappa shape index (κ2) is 5.15. The van der Waals surface area contributed by atoms with Gasteiger partial charge >= 0.3 is 5.97 Å². The molecular formula is C19H24O3. The molecule has 0 aliphatic heterocycles. The van der Waals surface area contributed by atoms with E-state index in [1.54, 1.807) is 30.3 Å². The molecule has 2 saturated carbocycles. The molecule has 1 N–H and O–H groups in total. The molecule has 3 heteroatoms. The van der Waals surface area contributed by atoms with Gasteiger partial charge in [-0.2, -0.15) is 0 Å². The molecule has 2 aliphatic carbocycles. The van der Waals surface area contributed by atoms with Gasteiger partial charge < -0.3 is 9.84 Å². The topological polar surface area (TPSA) is 46.5 Å². The zero-order chi connectivity index (χ0) is 16.0. The molecule has 1 aromatic carbocycles. The summed E-state index contributed by atoms with van der Waals surface area (Å²) in [5.41, 5.74) is 1.22. The molecule has 2 aliphatic rings. The molecule has 0 saturated heterocycles. The molecule has 0 spiro atoms. The molecule has 3 nitrogen and oxygen atoms in total. The summed E-state index contributed by atoms with van der Waals surface area (Å²) in [5.74, 6) is 0.607. The highest BCUT2D eigenvalue weighted by molar-refractivity contribution is 5.87. The number of aromatic hydroxyl groups is 1. The Balaban J connectivity index is 1.65. The molecule has 2 fully saturated rings. The van der Waals surface area contributed by atoms with Gasteiger partial charge in [0.15, 0.2) is 0 Å². The zero-order valence-corrected chi connectivity index (χ0v) is 13.5. The lowest BCUT2D eigenvalue weighted by Gasteiger charge is -2.38. The Bertz CT molecular complexity index is 600. The first-order valence-electron chi connectivity index (χ1n) is 8.01. The molecule has 0 radical (unpaired) electrons. The fourth-order valence-corrected chi connectivity index (χ4v) is 4.24. The minimum absolute atomic E-state index is 0.0261. The van der Waals surface area contributed by atoms with E-state index in [-0.39, 0.29) is 28.7 Å². The number of hydrogen-bond donors (Lipinski definition) is 1. The van der Waals surface area contributed by atoms with Gasteiger partial charge in [0.1, 0.15) is 11.9 Å². The lowest BCUT2D eigenvalue weighted by molar-refractivity contribution is -0.150. The SMILES string of the molecule is CC1(C)C2CC[C@@]1(C)[C@H](OC(=O)/C=C\c1ccc(O)cc1)C2. The van der Waals surface area contributed by atoms with Gasteiger partial charge in [0, 0.05) is 11.5 Å². The maximum atomic E-state index is 12.1. The largest absolute Gasteiger partial charge is 0.508 e. The Morgan fingerprint density at radius 3 is 2.50 bits per heavy atom. The van der Waals surface area contributed by atoms with Gasteiger partial charge in [-0.1, -0.05) is 32.9 Å². The van der Waals surface area contributed by atoms with Crippen LogP contribution in [-0.4, -0.2) is 17.2 Å². The molecule has 3 rings (SSSR count). The van der Waals surface area contributed by atoms with Gasteiger partial charge in [0.25, 0.3) is 0 Å². The van der Waals surface area contributed by atoms with Crippen LogP contribution in [0.4, 0.5) is 0 Å². The maximum absolute atomic E-state index is 12.1. The summed E-state index contributed by atoms with van der Waals surface area (Å²) in [6, 6.07) is 6.73. The van der Waals surface area contributed by atoms with Gasteiger partial charge in [0.2, 0.25) is 0 Å². The Labute approximate surface area is 132 Å². The second-order valence-corrected chi connectivity index (χ2v) is 7.46. The Morgan fingerprint density at radius 2 is 1.95 bits per heavy atom. The normalized spacial score (nSPS) is 32.5. The van der Waals surface area contributed by atoms with Crippen LogP contribution in [0.1, 0.15) is 45.6 Å². The first kappa shape index (κ1) is 15.1. The summed E-state index contributed by atoms with van der Waals surface area (Å²) in [6.07, 6.45) is 6.61. The molecule has 0 amide bonds. The van der Waals surface area contributed by atoms with Crippen molar-refractivity contribution in [2.24, 2.45) is 16.7 Å². The predicted molar refractivity (Wildman–Crippen MR) is 86.2 cm³/mol. The third-order valence-corrected chi connectivity index (χ3v) is 6.28. The summed E-state index contributed by atoms with van der Waals surface area (Å²) < 4.78 is 5.75. The van der Waals surface area contributed by atoms with Crippen LogP contribution in [-0.2, 0) is 9.53 Å².